The molecule has 6 heteroatoms. The van der Waals surface area contributed by atoms with Crippen molar-refractivity contribution in [3.63, 3.8) is 0 Å². The zero-order valence-electron chi connectivity index (χ0n) is 18.3. The second-order valence-electron chi connectivity index (χ2n) is 7.89. The highest BCUT2D eigenvalue weighted by molar-refractivity contribution is 5.80. The van der Waals surface area contributed by atoms with Gasteiger partial charge in [0, 0.05) is 45.0 Å². The van der Waals surface area contributed by atoms with E-state index in [0.29, 0.717) is 6.61 Å². The van der Waals surface area contributed by atoms with Gasteiger partial charge in [-0.1, -0.05) is 30.3 Å². The molecule has 2 aromatic rings. The predicted octanol–water partition coefficient (Wildman–Crippen LogP) is 3.18. The van der Waals surface area contributed by atoms with E-state index >= 15 is 0 Å². The highest BCUT2D eigenvalue weighted by Gasteiger charge is 2.22. The van der Waals surface area contributed by atoms with Crippen molar-refractivity contribution in [2.75, 3.05) is 33.9 Å². The minimum atomic E-state index is 0.675. The maximum atomic E-state index is 5.19. The summed E-state index contributed by atoms with van der Waals surface area (Å²) in [4.78, 5) is 6.93. The summed E-state index contributed by atoms with van der Waals surface area (Å²) in [5.74, 6) is 1.75. The monoisotopic (exact) mass is 397 g/mol. The van der Waals surface area contributed by atoms with Gasteiger partial charge >= 0.3 is 0 Å². The standard InChI is InChI=1S/C23H35N5O/c1-18-22(19(2)28(26-18)14-15-29-4)17-25-23(24-3)27-12-10-21(11-13-27)16-20-8-6-5-7-9-20/h5-9,21H,10-17H2,1-4H3,(H,24,25). The van der Waals surface area contributed by atoms with Crippen molar-refractivity contribution < 1.29 is 4.74 Å². The van der Waals surface area contributed by atoms with E-state index in [-0.39, 0.29) is 0 Å². The molecule has 6 nitrogen and oxygen atoms in total. The minimum Gasteiger partial charge on any atom is -0.383 e. The van der Waals surface area contributed by atoms with E-state index in [4.69, 9.17) is 4.74 Å². The molecule has 2 heterocycles. The first kappa shape index (κ1) is 21.4. The first-order valence-corrected chi connectivity index (χ1v) is 10.6. The SMILES string of the molecule is CN=C(NCc1c(C)nn(CCOC)c1C)N1CCC(Cc2ccccc2)CC1. The summed E-state index contributed by atoms with van der Waals surface area (Å²) >= 11 is 0. The third-order valence-electron chi connectivity index (χ3n) is 5.95. The molecule has 0 bridgehead atoms. The van der Waals surface area contributed by atoms with Crippen molar-refractivity contribution in [3.05, 3.63) is 52.8 Å². The van der Waals surface area contributed by atoms with E-state index in [1.54, 1.807) is 7.11 Å². The van der Waals surface area contributed by atoms with Gasteiger partial charge < -0.3 is 15.0 Å². The van der Waals surface area contributed by atoms with Crippen molar-refractivity contribution in [2.45, 2.75) is 46.2 Å². The van der Waals surface area contributed by atoms with E-state index in [1.165, 1.54) is 36.1 Å². The quantitative estimate of drug-likeness (QED) is 0.576. The fourth-order valence-electron chi connectivity index (χ4n) is 4.18. The van der Waals surface area contributed by atoms with Crippen LogP contribution in [0.4, 0.5) is 0 Å². The molecule has 1 aliphatic rings. The van der Waals surface area contributed by atoms with Crippen LogP contribution in [0.5, 0.6) is 0 Å². The third kappa shape index (κ3) is 5.60. The Morgan fingerprint density at radius 1 is 1.21 bits per heavy atom. The first-order chi connectivity index (χ1) is 14.1. The summed E-state index contributed by atoms with van der Waals surface area (Å²) < 4.78 is 7.22. The molecule has 0 amide bonds. The highest BCUT2D eigenvalue weighted by atomic mass is 16.5. The zero-order chi connectivity index (χ0) is 20.6. The van der Waals surface area contributed by atoms with Gasteiger partial charge in [-0.2, -0.15) is 5.10 Å². The van der Waals surface area contributed by atoms with Crippen LogP contribution < -0.4 is 5.32 Å². The van der Waals surface area contributed by atoms with Gasteiger partial charge in [0.1, 0.15) is 0 Å². The largest absolute Gasteiger partial charge is 0.383 e. The fourth-order valence-corrected chi connectivity index (χ4v) is 4.18. The van der Waals surface area contributed by atoms with Crippen molar-refractivity contribution in [1.29, 1.82) is 0 Å². The summed E-state index contributed by atoms with van der Waals surface area (Å²) in [6.45, 7) is 8.53. The summed E-state index contributed by atoms with van der Waals surface area (Å²) in [5.41, 5.74) is 4.97. The van der Waals surface area contributed by atoms with Crippen LogP contribution in [0.2, 0.25) is 0 Å². The second kappa shape index (κ2) is 10.4. The maximum absolute atomic E-state index is 5.19. The van der Waals surface area contributed by atoms with Crippen LogP contribution in [-0.4, -0.2) is 54.5 Å². The molecule has 0 atom stereocenters. The summed E-state index contributed by atoms with van der Waals surface area (Å²) in [5, 5.41) is 8.22. The molecular formula is C23H35N5O. The van der Waals surface area contributed by atoms with E-state index in [0.717, 1.165) is 43.8 Å². The van der Waals surface area contributed by atoms with Gasteiger partial charge in [0.15, 0.2) is 5.96 Å². The van der Waals surface area contributed by atoms with Crippen LogP contribution in [0, 0.1) is 19.8 Å². The maximum Gasteiger partial charge on any atom is 0.193 e. The van der Waals surface area contributed by atoms with Crippen molar-refractivity contribution in [3.8, 4) is 0 Å². The number of hydrogen-bond acceptors (Lipinski definition) is 3. The molecule has 1 aromatic carbocycles. The number of methoxy groups -OCH3 is 1. The number of aryl methyl sites for hydroxylation is 1. The van der Waals surface area contributed by atoms with Gasteiger partial charge in [-0.25, -0.2) is 0 Å². The molecule has 0 saturated carbocycles. The molecule has 0 aliphatic carbocycles. The predicted molar refractivity (Wildman–Crippen MR) is 118 cm³/mol. The Bertz CT molecular complexity index is 791. The fraction of sp³-hybridized carbons (Fsp3) is 0.565. The number of nitrogens with one attached hydrogen (secondary N) is 1. The number of hydrogen-bond donors (Lipinski definition) is 1. The van der Waals surface area contributed by atoms with E-state index in [9.17, 15) is 0 Å². The summed E-state index contributed by atoms with van der Waals surface area (Å²) in [6.07, 6.45) is 3.60. The number of likely N-dealkylation sites (tertiary alicyclic amines) is 1. The molecule has 1 aromatic heterocycles. The van der Waals surface area contributed by atoms with Gasteiger partial charge in [0.2, 0.25) is 0 Å². The first-order valence-electron chi connectivity index (χ1n) is 10.6. The Kier molecular flexibility index (Phi) is 7.69. The van der Waals surface area contributed by atoms with Crippen molar-refractivity contribution in [1.82, 2.24) is 20.0 Å². The third-order valence-corrected chi connectivity index (χ3v) is 5.95. The number of aromatic nitrogens is 2. The van der Waals surface area contributed by atoms with Crippen LogP contribution in [-0.2, 0) is 24.2 Å². The lowest BCUT2D eigenvalue weighted by Gasteiger charge is -2.34. The Morgan fingerprint density at radius 3 is 2.59 bits per heavy atom. The zero-order valence-corrected chi connectivity index (χ0v) is 18.3. The molecule has 1 aliphatic heterocycles. The molecule has 29 heavy (non-hydrogen) atoms. The van der Waals surface area contributed by atoms with Gasteiger partial charge in [-0.05, 0) is 44.6 Å². The summed E-state index contributed by atoms with van der Waals surface area (Å²) in [7, 11) is 3.60. The minimum absolute atomic E-state index is 0.675. The lowest BCUT2D eigenvalue weighted by Crippen LogP contribution is -2.45. The van der Waals surface area contributed by atoms with Gasteiger partial charge in [0.25, 0.3) is 0 Å². The molecule has 158 valence electrons. The smallest absolute Gasteiger partial charge is 0.193 e. The number of piperidine rings is 1. The summed E-state index contributed by atoms with van der Waals surface area (Å²) in [6, 6.07) is 10.8. The topological polar surface area (TPSA) is 54.7 Å². The molecular weight excluding hydrogens is 362 g/mol. The number of benzene rings is 1. The highest BCUT2D eigenvalue weighted by Crippen LogP contribution is 2.22. The van der Waals surface area contributed by atoms with Crippen LogP contribution in [0.15, 0.2) is 35.3 Å². The number of guanidine groups is 1. The number of ether oxygens (including phenoxy) is 1. The lowest BCUT2D eigenvalue weighted by atomic mass is 9.90. The molecule has 3 rings (SSSR count). The van der Waals surface area contributed by atoms with Gasteiger partial charge in [0.05, 0.1) is 18.8 Å². The van der Waals surface area contributed by atoms with E-state index in [2.05, 4.69) is 64.5 Å². The molecule has 1 fully saturated rings. The van der Waals surface area contributed by atoms with Gasteiger partial charge in [-0.15, -0.1) is 0 Å². The van der Waals surface area contributed by atoms with Crippen LogP contribution in [0.3, 0.4) is 0 Å². The normalized spacial score (nSPS) is 15.7. The van der Waals surface area contributed by atoms with Crippen molar-refractivity contribution in [2.24, 2.45) is 10.9 Å². The van der Waals surface area contributed by atoms with Gasteiger partial charge in [-0.3, -0.25) is 9.67 Å². The Hall–Kier alpha value is -2.34. The molecule has 1 saturated heterocycles. The average Bonchev–Trinajstić information content (AvgIpc) is 3.01. The van der Waals surface area contributed by atoms with Crippen LogP contribution in [0.25, 0.3) is 0 Å². The second-order valence-corrected chi connectivity index (χ2v) is 7.89. The average molecular weight is 398 g/mol. The van der Waals surface area contributed by atoms with Crippen LogP contribution in [0.1, 0.15) is 35.4 Å². The number of aliphatic imine (C=N–C) groups is 1. The Balaban J connectivity index is 1.52. The number of rotatable bonds is 7. The van der Waals surface area contributed by atoms with E-state index < -0.39 is 0 Å². The van der Waals surface area contributed by atoms with Crippen LogP contribution >= 0.6 is 0 Å². The number of nitrogens with zero attached hydrogens (tertiary/aromatic N) is 4. The molecule has 0 unspecified atom stereocenters. The van der Waals surface area contributed by atoms with Crippen molar-refractivity contribution >= 4 is 5.96 Å². The molecule has 0 radical (unpaired) electrons. The lowest BCUT2D eigenvalue weighted by molar-refractivity contribution is 0.182. The molecule has 1 N–H and O–H groups in total. The van der Waals surface area contributed by atoms with E-state index in [1.807, 2.05) is 11.7 Å². The molecule has 0 spiro atoms. The Morgan fingerprint density at radius 2 is 1.93 bits per heavy atom. The Labute approximate surface area is 175 Å².